The van der Waals surface area contributed by atoms with E-state index in [2.05, 4.69) is 17.0 Å². The third-order valence-electron chi connectivity index (χ3n) is 3.06. The topological polar surface area (TPSA) is 32.7 Å². The normalized spacial score (nSPS) is 17.6. The first-order valence-corrected chi connectivity index (χ1v) is 5.76. The standard InChI is InChI=1S/C13H19NO2/c1-10-7-12(8-11(2)13(10)15)9-14-3-5-16-6-4-14/h7-8,15H,3-6,9H2,1-2H3. The van der Waals surface area contributed by atoms with Crippen molar-refractivity contribution in [2.75, 3.05) is 26.3 Å². The summed E-state index contributed by atoms with van der Waals surface area (Å²) in [5.41, 5.74) is 3.20. The Morgan fingerprint density at radius 1 is 1.19 bits per heavy atom. The molecule has 1 aromatic rings. The number of hydrogen-bond acceptors (Lipinski definition) is 3. The summed E-state index contributed by atoms with van der Waals surface area (Å²) in [5, 5.41) is 9.70. The molecule has 0 amide bonds. The fourth-order valence-corrected chi connectivity index (χ4v) is 2.15. The third-order valence-corrected chi connectivity index (χ3v) is 3.06. The van der Waals surface area contributed by atoms with Crippen LogP contribution in [-0.2, 0) is 11.3 Å². The molecule has 2 rings (SSSR count). The highest BCUT2D eigenvalue weighted by Crippen LogP contribution is 2.23. The summed E-state index contributed by atoms with van der Waals surface area (Å²) in [6.07, 6.45) is 0. The van der Waals surface area contributed by atoms with Crippen molar-refractivity contribution in [3.8, 4) is 5.75 Å². The molecule has 3 nitrogen and oxygen atoms in total. The molecule has 0 aromatic heterocycles. The second-order valence-corrected chi connectivity index (χ2v) is 4.47. The van der Waals surface area contributed by atoms with Crippen molar-refractivity contribution in [2.45, 2.75) is 20.4 Å². The highest BCUT2D eigenvalue weighted by atomic mass is 16.5. The van der Waals surface area contributed by atoms with E-state index in [1.54, 1.807) is 0 Å². The molecule has 1 heterocycles. The summed E-state index contributed by atoms with van der Waals surface area (Å²) in [5.74, 6) is 0.422. The van der Waals surface area contributed by atoms with Crippen molar-refractivity contribution in [1.29, 1.82) is 0 Å². The molecule has 1 fully saturated rings. The molecule has 3 heteroatoms. The molecular formula is C13H19NO2. The summed E-state index contributed by atoms with van der Waals surface area (Å²) in [6, 6.07) is 4.13. The van der Waals surface area contributed by atoms with Crippen LogP contribution in [0.4, 0.5) is 0 Å². The summed E-state index contributed by atoms with van der Waals surface area (Å²) >= 11 is 0. The molecule has 1 aliphatic rings. The lowest BCUT2D eigenvalue weighted by atomic mass is 10.1. The Morgan fingerprint density at radius 3 is 2.31 bits per heavy atom. The molecular weight excluding hydrogens is 202 g/mol. The lowest BCUT2D eigenvalue weighted by Gasteiger charge is -2.26. The Kier molecular flexibility index (Phi) is 3.46. The zero-order chi connectivity index (χ0) is 11.5. The smallest absolute Gasteiger partial charge is 0.121 e. The van der Waals surface area contributed by atoms with Gasteiger partial charge in [0.1, 0.15) is 5.75 Å². The Morgan fingerprint density at radius 2 is 1.75 bits per heavy atom. The SMILES string of the molecule is Cc1cc(CN2CCOCC2)cc(C)c1O. The van der Waals surface area contributed by atoms with Gasteiger partial charge >= 0.3 is 0 Å². The minimum Gasteiger partial charge on any atom is -0.507 e. The third kappa shape index (κ3) is 2.54. The Hall–Kier alpha value is -1.06. The first-order valence-electron chi connectivity index (χ1n) is 5.76. The summed E-state index contributed by atoms with van der Waals surface area (Å²) < 4.78 is 5.32. The van der Waals surface area contributed by atoms with E-state index in [0.717, 1.165) is 44.0 Å². The van der Waals surface area contributed by atoms with E-state index < -0.39 is 0 Å². The van der Waals surface area contributed by atoms with E-state index in [4.69, 9.17) is 4.74 Å². The molecule has 0 bridgehead atoms. The molecule has 0 spiro atoms. The van der Waals surface area contributed by atoms with Gasteiger partial charge in [0, 0.05) is 19.6 Å². The van der Waals surface area contributed by atoms with Gasteiger partial charge in [0.15, 0.2) is 0 Å². The second-order valence-electron chi connectivity index (χ2n) is 4.47. The number of ether oxygens (including phenoxy) is 1. The van der Waals surface area contributed by atoms with Crippen LogP contribution in [0.1, 0.15) is 16.7 Å². The molecule has 0 atom stereocenters. The van der Waals surface area contributed by atoms with E-state index in [1.807, 2.05) is 13.8 Å². The summed E-state index contributed by atoms with van der Waals surface area (Å²) in [7, 11) is 0. The van der Waals surface area contributed by atoms with E-state index in [1.165, 1.54) is 5.56 Å². The average Bonchev–Trinajstić information content (AvgIpc) is 2.27. The maximum Gasteiger partial charge on any atom is 0.121 e. The van der Waals surface area contributed by atoms with E-state index in [0.29, 0.717) is 5.75 Å². The highest BCUT2D eigenvalue weighted by Gasteiger charge is 2.11. The van der Waals surface area contributed by atoms with Gasteiger partial charge in [0.05, 0.1) is 13.2 Å². The van der Waals surface area contributed by atoms with Gasteiger partial charge < -0.3 is 9.84 Å². The fraction of sp³-hybridized carbons (Fsp3) is 0.538. The molecule has 1 N–H and O–H groups in total. The number of aryl methyl sites for hydroxylation is 2. The largest absolute Gasteiger partial charge is 0.507 e. The Labute approximate surface area is 96.6 Å². The molecule has 88 valence electrons. The van der Waals surface area contributed by atoms with Crippen LogP contribution in [0.5, 0.6) is 5.75 Å². The van der Waals surface area contributed by atoms with Gasteiger partial charge in [-0.1, -0.05) is 12.1 Å². The van der Waals surface area contributed by atoms with Crippen LogP contribution in [0.3, 0.4) is 0 Å². The molecule has 0 radical (unpaired) electrons. The molecule has 1 aliphatic heterocycles. The average molecular weight is 221 g/mol. The van der Waals surface area contributed by atoms with Gasteiger partial charge in [-0.05, 0) is 30.5 Å². The van der Waals surface area contributed by atoms with Gasteiger partial charge in [0.25, 0.3) is 0 Å². The minimum absolute atomic E-state index is 0.422. The van der Waals surface area contributed by atoms with Crippen molar-refractivity contribution in [3.63, 3.8) is 0 Å². The number of benzene rings is 1. The molecule has 1 saturated heterocycles. The van der Waals surface area contributed by atoms with Crippen molar-refractivity contribution in [1.82, 2.24) is 4.90 Å². The van der Waals surface area contributed by atoms with Crippen LogP contribution in [0.2, 0.25) is 0 Å². The molecule has 1 aromatic carbocycles. The van der Waals surface area contributed by atoms with E-state index >= 15 is 0 Å². The van der Waals surface area contributed by atoms with Crippen LogP contribution >= 0.6 is 0 Å². The first kappa shape index (κ1) is 11.4. The van der Waals surface area contributed by atoms with Gasteiger partial charge in [-0.3, -0.25) is 4.90 Å². The van der Waals surface area contributed by atoms with Gasteiger partial charge in [0.2, 0.25) is 0 Å². The first-order chi connectivity index (χ1) is 7.66. The number of aromatic hydroxyl groups is 1. The number of hydrogen-bond donors (Lipinski definition) is 1. The zero-order valence-corrected chi connectivity index (χ0v) is 9.99. The predicted octanol–water partition coefficient (Wildman–Crippen LogP) is 1.84. The highest BCUT2D eigenvalue weighted by molar-refractivity contribution is 5.42. The lowest BCUT2D eigenvalue weighted by Crippen LogP contribution is -2.35. The van der Waals surface area contributed by atoms with Crippen LogP contribution in [0, 0.1) is 13.8 Å². The molecule has 0 saturated carbocycles. The van der Waals surface area contributed by atoms with Crippen molar-refractivity contribution >= 4 is 0 Å². The van der Waals surface area contributed by atoms with E-state index in [-0.39, 0.29) is 0 Å². The van der Waals surface area contributed by atoms with E-state index in [9.17, 15) is 5.11 Å². The number of morpholine rings is 1. The van der Waals surface area contributed by atoms with Gasteiger partial charge in [-0.25, -0.2) is 0 Å². The van der Waals surface area contributed by atoms with Gasteiger partial charge in [-0.15, -0.1) is 0 Å². The predicted molar refractivity (Wildman–Crippen MR) is 63.7 cm³/mol. The second kappa shape index (κ2) is 4.85. The molecule has 0 aliphatic carbocycles. The van der Waals surface area contributed by atoms with Gasteiger partial charge in [-0.2, -0.15) is 0 Å². The van der Waals surface area contributed by atoms with Crippen LogP contribution in [0.15, 0.2) is 12.1 Å². The molecule has 16 heavy (non-hydrogen) atoms. The van der Waals surface area contributed by atoms with Crippen LogP contribution in [-0.4, -0.2) is 36.3 Å². The number of nitrogens with zero attached hydrogens (tertiary/aromatic N) is 1. The number of rotatable bonds is 2. The summed E-state index contributed by atoms with van der Waals surface area (Å²) in [6.45, 7) is 8.51. The monoisotopic (exact) mass is 221 g/mol. The van der Waals surface area contributed by atoms with Crippen molar-refractivity contribution < 1.29 is 9.84 Å². The zero-order valence-electron chi connectivity index (χ0n) is 9.99. The Balaban J connectivity index is 2.09. The number of phenolic OH excluding ortho intramolecular Hbond substituents is 1. The lowest BCUT2D eigenvalue weighted by molar-refractivity contribution is 0.0342. The van der Waals surface area contributed by atoms with Crippen molar-refractivity contribution in [3.05, 3.63) is 28.8 Å². The summed E-state index contributed by atoms with van der Waals surface area (Å²) in [4.78, 5) is 2.38. The van der Waals surface area contributed by atoms with Crippen LogP contribution < -0.4 is 0 Å². The maximum absolute atomic E-state index is 9.70. The number of phenols is 1. The quantitative estimate of drug-likeness (QED) is 0.827. The molecule has 0 unspecified atom stereocenters. The maximum atomic E-state index is 9.70. The minimum atomic E-state index is 0.422. The van der Waals surface area contributed by atoms with Crippen LogP contribution in [0.25, 0.3) is 0 Å². The fourth-order valence-electron chi connectivity index (χ4n) is 2.15. The van der Waals surface area contributed by atoms with Crippen molar-refractivity contribution in [2.24, 2.45) is 0 Å². The Bertz CT molecular complexity index is 347.